The van der Waals surface area contributed by atoms with E-state index in [-0.39, 0.29) is 11.8 Å². The third kappa shape index (κ3) is 5.06. The van der Waals surface area contributed by atoms with Gasteiger partial charge in [-0.25, -0.2) is 13.1 Å². The van der Waals surface area contributed by atoms with E-state index in [1.54, 1.807) is 11.3 Å². The lowest BCUT2D eigenvalue weighted by Gasteiger charge is -2.13. The molecule has 1 unspecified atom stereocenters. The van der Waals surface area contributed by atoms with Crippen LogP contribution in [-0.4, -0.2) is 32.8 Å². The number of sulfonamides is 1. The lowest BCUT2D eigenvalue weighted by atomic mass is 10.2. The Morgan fingerprint density at radius 2 is 2.28 bits per heavy atom. The first kappa shape index (κ1) is 14.0. The first-order chi connectivity index (χ1) is 8.55. The van der Waals surface area contributed by atoms with Crippen LogP contribution in [0.15, 0.2) is 17.5 Å². The van der Waals surface area contributed by atoms with Gasteiger partial charge in [-0.15, -0.1) is 11.3 Å². The maximum atomic E-state index is 11.8. The quantitative estimate of drug-likeness (QED) is 0.759. The topological polar surface area (TPSA) is 58.2 Å². The zero-order valence-electron chi connectivity index (χ0n) is 10.6. The molecule has 0 amide bonds. The minimum atomic E-state index is -3.16. The minimum Gasteiger partial charge on any atom is -0.313 e. The van der Waals surface area contributed by atoms with Gasteiger partial charge in [0.05, 0.1) is 5.75 Å². The number of hydrogen-bond acceptors (Lipinski definition) is 4. The molecule has 18 heavy (non-hydrogen) atoms. The average Bonchev–Trinajstić information content (AvgIpc) is 2.94. The van der Waals surface area contributed by atoms with Crippen molar-refractivity contribution in [3.8, 4) is 0 Å². The van der Waals surface area contributed by atoms with E-state index in [0.717, 1.165) is 6.42 Å². The van der Waals surface area contributed by atoms with Gasteiger partial charge in [0.25, 0.3) is 0 Å². The van der Waals surface area contributed by atoms with Gasteiger partial charge in [0, 0.05) is 23.5 Å². The molecule has 1 aromatic rings. The molecular weight excluding hydrogens is 268 g/mol. The fourth-order valence-electron chi connectivity index (χ4n) is 1.82. The number of hydrogen-bond donors (Lipinski definition) is 2. The summed E-state index contributed by atoms with van der Waals surface area (Å²) in [4.78, 5) is 1.21. The zero-order valence-corrected chi connectivity index (χ0v) is 12.2. The first-order valence-corrected chi connectivity index (χ1v) is 8.84. The summed E-state index contributed by atoms with van der Waals surface area (Å²) in [5, 5.41) is 5.22. The van der Waals surface area contributed by atoms with Crippen LogP contribution in [0, 0.1) is 0 Å². The van der Waals surface area contributed by atoms with Gasteiger partial charge >= 0.3 is 0 Å². The number of nitrogens with one attached hydrogen (secondary N) is 2. The average molecular weight is 288 g/mol. The Balaban J connectivity index is 1.71. The summed E-state index contributed by atoms with van der Waals surface area (Å²) in [6.45, 7) is 2.46. The van der Waals surface area contributed by atoms with E-state index in [0.29, 0.717) is 12.6 Å². The van der Waals surface area contributed by atoms with Crippen molar-refractivity contribution >= 4 is 21.4 Å². The third-order valence-electron chi connectivity index (χ3n) is 2.85. The lowest BCUT2D eigenvalue weighted by Crippen LogP contribution is -2.38. The molecule has 0 bridgehead atoms. The molecule has 0 saturated heterocycles. The molecule has 2 rings (SSSR count). The van der Waals surface area contributed by atoms with Crippen LogP contribution >= 0.6 is 11.3 Å². The van der Waals surface area contributed by atoms with E-state index in [1.807, 2.05) is 24.4 Å². The normalized spacial score (nSPS) is 17.8. The molecule has 0 aromatic carbocycles. The molecule has 1 aliphatic rings. The van der Waals surface area contributed by atoms with Crippen molar-refractivity contribution in [3.05, 3.63) is 22.4 Å². The third-order valence-corrected chi connectivity index (χ3v) is 5.25. The Labute approximate surface area is 113 Å². The molecule has 1 heterocycles. The maximum Gasteiger partial charge on any atom is 0.213 e. The Hall–Kier alpha value is -0.430. The fraction of sp³-hybridized carbons (Fsp3) is 0.667. The monoisotopic (exact) mass is 288 g/mol. The minimum absolute atomic E-state index is 0.0467. The van der Waals surface area contributed by atoms with Crippen molar-refractivity contribution in [3.63, 3.8) is 0 Å². The zero-order chi connectivity index (χ0) is 13.0. The van der Waals surface area contributed by atoms with Gasteiger partial charge in [-0.2, -0.15) is 0 Å². The molecule has 1 atom stereocenters. The SMILES string of the molecule is CC(Cc1cccs1)NS(=O)(=O)CCNC1CC1. The lowest BCUT2D eigenvalue weighted by molar-refractivity contribution is 0.556. The molecule has 1 aromatic heterocycles. The highest BCUT2D eigenvalue weighted by atomic mass is 32.2. The molecule has 1 saturated carbocycles. The highest BCUT2D eigenvalue weighted by Gasteiger charge is 2.21. The Kier molecular flexibility index (Phi) is 4.77. The second-order valence-electron chi connectivity index (χ2n) is 4.85. The van der Waals surface area contributed by atoms with Crippen LogP contribution in [0.5, 0.6) is 0 Å². The molecule has 0 aliphatic heterocycles. The van der Waals surface area contributed by atoms with Crippen LogP contribution in [0.2, 0.25) is 0 Å². The molecule has 1 aliphatic carbocycles. The van der Waals surface area contributed by atoms with Gasteiger partial charge in [0.15, 0.2) is 0 Å². The molecule has 102 valence electrons. The second-order valence-corrected chi connectivity index (χ2v) is 7.76. The second kappa shape index (κ2) is 6.14. The van der Waals surface area contributed by atoms with Crippen molar-refractivity contribution in [1.82, 2.24) is 10.0 Å². The van der Waals surface area contributed by atoms with E-state index in [4.69, 9.17) is 0 Å². The molecule has 0 spiro atoms. The van der Waals surface area contributed by atoms with Crippen molar-refractivity contribution in [2.45, 2.75) is 38.3 Å². The molecule has 4 nitrogen and oxygen atoms in total. The maximum absolute atomic E-state index is 11.8. The number of thiophene rings is 1. The summed E-state index contributed by atoms with van der Waals surface area (Å²) >= 11 is 1.66. The van der Waals surface area contributed by atoms with Gasteiger partial charge in [-0.3, -0.25) is 0 Å². The van der Waals surface area contributed by atoms with Gasteiger partial charge in [0.1, 0.15) is 0 Å². The summed E-state index contributed by atoms with van der Waals surface area (Å²) < 4.78 is 26.4. The molecule has 6 heteroatoms. The van der Waals surface area contributed by atoms with E-state index in [2.05, 4.69) is 10.0 Å². The standard InChI is InChI=1S/C12H20N2O2S2/c1-10(9-12-3-2-7-17-12)14-18(15,16)8-6-13-11-4-5-11/h2-3,7,10-11,13-14H,4-6,8-9H2,1H3. The Bertz CT molecular complexity index is 452. The summed E-state index contributed by atoms with van der Waals surface area (Å²) in [5.74, 6) is 0.165. The first-order valence-electron chi connectivity index (χ1n) is 6.31. The Morgan fingerprint density at radius 1 is 1.50 bits per heavy atom. The van der Waals surface area contributed by atoms with Crippen LogP contribution in [-0.2, 0) is 16.4 Å². The van der Waals surface area contributed by atoms with Gasteiger partial charge < -0.3 is 5.32 Å². The predicted molar refractivity (Wildman–Crippen MR) is 75.4 cm³/mol. The van der Waals surface area contributed by atoms with E-state index in [9.17, 15) is 8.42 Å². The van der Waals surface area contributed by atoms with Crippen molar-refractivity contribution in [1.29, 1.82) is 0 Å². The molecule has 1 fully saturated rings. The van der Waals surface area contributed by atoms with Crippen LogP contribution in [0.25, 0.3) is 0 Å². The predicted octanol–water partition coefficient (Wildman–Crippen LogP) is 1.35. The van der Waals surface area contributed by atoms with E-state index < -0.39 is 10.0 Å². The smallest absolute Gasteiger partial charge is 0.213 e. The largest absolute Gasteiger partial charge is 0.313 e. The number of rotatable bonds is 8. The Morgan fingerprint density at radius 3 is 2.89 bits per heavy atom. The molecule has 2 N–H and O–H groups in total. The fourth-order valence-corrected chi connectivity index (χ4v) is 3.86. The van der Waals surface area contributed by atoms with Crippen molar-refractivity contribution < 1.29 is 8.42 Å². The van der Waals surface area contributed by atoms with Gasteiger partial charge in [-0.1, -0.05) is 6.07 Å². The summed E-state index contributed by atoms with van der Waals surface area (Å²) in [7, 11) is -3.16. The highest BCUT2D eigenvalue weighted by molar-refractivity contribution is 7.89. The van der Waals surface area contributed by atoms with Crippen molar-refractivity contribution in [2.75, 3.05) is 12.3 Å². The van der Waals surface area contributed by atoms with Crippen molar-refractivity contribution in [2.24, 2.45) is 0 Å². The van der Waals surface area contributed by atoms with E-state index >= 15 is 0 Å². The van der Waals surface area contributed by atoms with Crippen LogP contribution < -0.4 is 10.0 Å². The highest BCUT2D eigenvalue weighted by Crippen LogP contribution is 2.18. The van der Waals surface area contributed by atoms with Gasteiger partial charge in [0.2, 0.25) is 10.0 Å². The van der Waals surface area contributed by atoms with Gasteiger partial charge in [-0.05, 0) is 37.6 Å². The van der Waals surface area contributed by atoms with Crippen LogP contribution in [0.4, 0.5) is 0 Å². The molecule has 0 radical (unpaired) electrons. The summed E-state index contributed by atoms with van der Waals surface area (Å²) in [6.07, 6.45) is 3.12. The van der Waals surface area contributed by atoms with E-state index in [1.165, 1.54) is 17.7 Å². The van der Waals surface area contributed by atoms with Crippen LogP contribution in [0.1, 0.15) is 24.6 Å². The molecular formula is C12H20N2O2S2. The van der Waals surface area contributed by atoms with Crippen LogP contribution in [0.3, 0.4) is 0 Å². The summed E-state index contributed by atoms with van der Waals surface area (Å²) in [6, 6.07) is 4.53. The summed E-state index contributed by atoms with van der Waals surface area (Å²) in [5.41, 5.74) is 0.